The van der Waals surface area contributed by atoms with Crippen molar-refractivity contribution in [3.05, 3.63) is 35.9 Å². The molecule has 4 aliphatic rings. The maximum atomic E-state index is 15.2. The molecule has 5 rings (SSSR count). The van der Waals surface area contributed by atoms with E-state index >= 15 is 8.78 Å². The number of carbonyl (C=O) groups excluding carboxylic acids is 1. The van der Waals surface area contributed by atoms with Gasteiger partial charge in [-0.3, -0.25) is 0 Å². The number of alkyl halides is 13. The first-order valence-electron chi connectivity index (χ1n) is 14.7. The van der Waals surface area contributed by atoms with Crippen molar-refractivity contribution in [3.63, 3.8) is 0 Å². The zero-order chi connectivity index (χ0) is 34.9. The lowest BCUT2D eigenvalue weighted by molar-refractivity contribution is -0.441. The molecular weight excluding hydrogens is 655 g/mol. The van der Waals surface area contributed by atoms with Crippen LogP contribution in [0.2, 0.25) is 0 Å². The number of aliphatic hydroxyl groups is 1. The molecule has 0 heterocycles. The molecule has 1 aromatic rings. The number of esters is 1. The number of carbonyl (C=O) groups is 1. The number of aryl methyl sites for hydroxylation is 1. The molecule has 1 N–H and O–H groups in total. The van der Waals surface area contributed by atoms with E-state index in [9.17, 15) is 58.2 Å². The average molecular weight is 689 g/mol. The highest BCUT2D eigenvalue weighted by Gasteiger charge is 2.91. The highest BCUT2D eigenvalue weighted by atomic mass is 19.4. The van der Waals surface area contributed by atoms with Crippen LogP contribution in [-0.2, 0) is 16.0 Å². The third-order valence-electron chi connectivity index (χ3n) is 10.1. The molecular formula is C30H33F13O3. The number of hydrogen-bond donors (Lipinski definition) is 1. The van der Waals surface area contributed by atoms with Crippen molar-refractivity contribution in [2.45, 2.75) is 112 Å². The Balaban J connectivity index is 1.72. The summed E-state index contributed by atoms with van der Waals surface area (Å²) in [6.45, 7) is 3.29. The van der Waals surface area contributed by atoms with Crippen LogP contribution in [0.1, 0.15) is 64.4 Å². The molecule has 0 aliphatic heterocycles. The normalized spacial score (nSPS) is 28.8. The fourth-order valence-corrected chi connectivity index (χ4v) is 7.94. The number of benzene rings is 1. The second kappa shape index (κ2) is 11.4. The quantitative estimate of drug-likeness (QED) is 0.176. The molecule has 0 spiro atoms. The number of ether oxygens (including phenoxy) is 1. The second-order valence-corrected chi connectivity index (χ2v) is 13.4. The van der Waals surface area contributed by atoms with Crippen molar-refractivity contribution in [1.82, 2.24) is 0 Å². The first kappa shape index (κ1) is 36.6. The zero-order valence-electron chi connectivity index (χ0n) is 24.6. The van der Waals surface area contributed by atoms with E-state index in [2.05, 4.69) is 0 Å². The minimum absolute atomic E-state index is 0.221. The Kier molecular flexibility index (Phi) is 9.08. The first-order valence-corrected chi connectivity index (χ1v) is 14.7. The molecule has 0 saturated heterocycles. The molecule has 262 valence electrons. The molecule has 1 aromatic carbocycles. The topological polar surface area (TPSA) is 46.5 Å². The van der Waals surface area contributed by atoms with Gasteiger partial charge in [-0.15, -0.1) is 0 Å². The molecule has 0 radical (unpaired) electrons. The SMILES string of the molecule is CC(C)C1(OC(=O)C(O)(CCc2ccccc2)CC(F)(F)C(F)(F)C(F)(F)C(F)(F)C(F)(F)C(F)(F)F)C2CC3CC(C2)CC1C3. The minimum atomic E-state index is -8.09. The summed E-state index contributed by atoms with van der Waals surface area (Å²) in [4.78, 5) is 13.7. The van der Waals surface area contributed by atoms with Crippen molar-refractivity contribution in [3.8, 4) is 0 Å². The van der Waals surface area contributed by atoms with E-state index in [-0.39, 0.29) is 29.2 Å². The van der Waals surface area contributed by atoms with Gasteiger partial charge < -0.3 is 9.84 Å². The Bertz CT molecular complexity index is 1230. The standard InChI is InChI=1S/C30H33F13O3/c1-16(2)25(20-11-18-10-19(13-20)14-21(25)12-18)46-22(44)23(45,9-8-17-6-4-3-5-7-17)15-24(31,32)26(33,34)27(35,36)28(37,38)29(39,40)30(41,42)43/h3-7,16,18-21,45H,8-15H2,1-2H3. The van der Waals surface area contributed by atoms with Gasteiger partial charge in [-0.25, -0.2) is 4.79 Å². The third-order valence-corrected chi connectivity index (χ3v) is 10.1. The van der Waals surface area contributed by atoms with E-state index in [0.29, 0.717) is 25.7 Å². The molecule has 3 nitrogen and oxygen atoms in total. The van der Waals surface area contributed by atoms with Crippen molar-refractivity contribution < 1.29 is 71.7 Å². The maximum Gasteiger partial charge on any atom is 0.460 e. The summed E-state index contributed by atoms with van der Waals surface area (Å²) in [7, 11) is 0. The average Bonchev–Trinajstić information content (AvgIpc) is 2.92. The van der Waals surface area contributed by atoms with E-state index in [1.165, 1.54) is 30.3 Å². The van der Waals surface area contributed by atoms with Crippen LogP contribution in [0.15, 0.2) is 30.3 Å². The van der Waals surface area contributed by atoms with Gasteiger partial charge in [0.15, 0.2) is 5.60 Å². The summed E-state index contributed by atoms with van der Waals surface area (Å²) >= 11 is 0. The van der Waals surface area contributed by atoms with Crippen LogP contribution in [0, 0.1) is 29.6 Å². The second-order valence-electron chi connectivity index (χ2n) is 13.4. The molecule has 1 atom stereocenters. The van der Waals surface area contributed by atoms with Crippen LogP contribution in [0.25, 0.3) is 0 Å². The molecule has 4 bridgehead atoms. The summed E-state index contributed by atoms with van der Waals surface area (Å²) in [5.74, 6) is -40.9. The minimum Gasteiger partial charge on any atom is -0.456 e. The lowest BCUT2D eigenvalue weighted by atomic mass is 9.47. The predicted molar refractivity (Wildman–Crippen MR) is 136 cm³/mol. The maximum absolute atomic E-state index is 15.2. The smallest absolute Gasteiger partial charge is 0.456 e. The van der Waals surface area contributed by atoms with Crippen LogP contribution in [0.3, 0.4) is 0 Å². The van der Waals surface area contributed by atoms with Crippen LogP contribution >= 0.6 is 0 Å². The Morgan fingerprint density at radius 3 is 1.65 bits per heavy atom. The van der Waals surface area contributed by atoms with Gasteiger partial charge in [-0.1, -0.05) is 44.2 Å². The third kappa shape index (κ3) is 5.55. The van der Waals surface area contributed by atoms with Crippen molar-refractivity contribution in [1.29, 1.82) is 0 Å². The lowest BCUT2D eigenvalue weighted by Gasteiger charge is -2.62. The number of halogens is 13. The van der Waals surface area contributed by atoms with Crippen LogP contribution < -0.4 is 0 Å². The van der Waals surface area contributed by atoms with Gasteiger partial charge in [0.1, 0.15) is 5.60 Å². The highest BCUT2D eigenvalue weighted by molar-refractivity contribution is 5.80. The molecule has 4 fully saturated rings. The molecule has 0 aromatic heterocycles. The van der Waals surface area contributed by atoms with E-state index in [1.54, 1.807) is 13.8 Å². The lowest BCUT2D eigenvalue weighted by Crippen LogP contribution is -2.71. The van der Waals surface area contributed by atoms with Gasteiger partial charge in [0.05, 0.1) is 6.42 Å². The number of hydrogen-bond acceptors (Lipinski definition) is 3. The van der Waals surface area contributed by atoms with E-state index < -0.39 is 78.1 Å². The van der Waals surface area contributed by atoms with Crippen molar-refractivity contribution in [2.75, 3.05) is 0 Å². The zero-order valence-corrected chi connectivity index (χ0v) is 24.6. The molecule has 4 aliphatic carbocycles. The van der Waals surface area contributed by atoms with Gasteiger partial charge in [-0.05, 0) is 80.1 Å². The monoisotopic (exact) mass is 688 g/mol. The molecule has 4 saturated carbocycles. The fraction of sp³-hybridized carbons (Fsp3) is 0.767. The molecule has 0 amide bonds. The Morgan fingerprint density at radius 1 is 0.761 bits per heavy atom. The summed E-state index contributed by atoms with van der Waals surface area (Å²) < 4.78 is 186. The fourth-order valence-electron chi connectivity index (χ4n) is 7.94. The van der Waals surface area contributed by atoms with E-state index in [1.807, 2.05) is 0 Å². The van der Waals surface area contributed by atoms with Gasteiger partial charge in [0.2, 0.25) is 0 Å². The van der Waals surface area contributed by atoms with E-state index in [0.717, 1.165) is 6.42 Å². The van der Waals surface area contributed by atoms with Gasteiger partial charge in [0.25, 0.3) is 0 Å². The summed E-state index contributed by atoms with van der Waals surface area (Å²) in [6.07, 6.45) is -9.20. The van der Waals surface area contributed by atoms with Gasteiger partial charge in [0, 0.05) is 0 Å². The summed E-state index contributed by atoms with van der Waals surface area (Å²) in [5.41, 5.74) is -4.98. The number of rotatable bonds is 12. The summed E-state index contributed by atoms with van der Waals surface area (Å²) in [6, 6.07) is 7.10. The van der Waals surface area contributed by atoms with Crippen LogP contribution in [0.5, 0.6) is 0 Å². The Morgan fingerprint density at radius 2 is 1.22 bits per heavy atom. The predicted octanol–water partition coefficient (Wildman–Crippen LogP) is 8.87. The van der Waals surface area contributed by atoms with Crippen molar-refractivity contribution in [2.24, 2.45) is 29.6 Å². The largest absolute Gasteiger partial charge is 0.460 e. The molecule has 16 heteroatoms. The Labute approximate surface area is 255 Å². The highest BCUT2D eigenvalue weighted by Crippen LogP contribution is 2.63. The van der Waals surface area contributed by atoms with Crippen molar-refractivity contribution >= 4 is 5.97 Å². The van der Waals surface area contributed by atoms with E-state index in [4.69, 9.17) is 4.74 Å². The van der Waals surface area contributed by atoms with Gasteiger partial charge in [-0.2, -0.15) is 57.1 Å². The molecule has 46 heavy (non-hydrogen) atoms. The summed E-state index contributed by atoms with van der Waals surface area (Å²) in [5, 5.41) is 11.3. The van der Waals surface area contributed by atoms with Crippen LogP contribution in [-0.4, -0.2) is 58.1 Å². The Hall–Kier alpha value is -2.26. The first-order chi connectivity index (χ1) is 20.8. The van der Waals surface area contributed by atoms with Gasteiger partial charge >= 0.3 is 41.8 Å². The molecule has 1 unspecified atom stereocenters. The van der Waals surface area contributed by atoms with Crippen LogP contribution in [0.4, 0.5) is 57.1 Å².